The van der Waals surface area contributed by atoms with E-state index in [4.69, 9.17) is 30.3 Å². The van der Waals surface area contributed by atoms with E-state index in [1.54, 1.807) is 37.3 Å². The van der Waals surface area contributed by atoms with Gasteiger partial charge in [-0.05, 0) is 67.4 Å². The smallest absolute Gasteiger partial charge is 0.345 e. The lowest BCUT2D eigenvalue weighted by Gasteiger charge is -2.32. The van der Waals surface area contributed by atoms with Crippen LogP contribution in [-0.2, 0) is 17.8 Å². The highest BCUT2D eigenvalue weighted by Crippen LogP contribution is 2.49. The van der Waals surface area contributed by atoms with E-state index >= 15 is 0 Å². The number of nitrogens with zero attached hydrogens (tertiary/aromatic N) is 5. The molecular formula is C40H39ClFN5O6S. The van der Waals surface area contributed by atoms with E-state index in [1.807, 2.05) is 31.2 Å². The van der Waals surface area contributed by atoms with Crippen molar-refractivity contribution in [2.75, 3.05) is 46.4 Å². The Balaban J connectivity index is 1.22. The molecule has 6 aromatic rings. The second kappa shape index (κ2) is 16.5. The van der Waals surface area contributed by atoms with Crippen LogP contribution in [-0.4, -0.2) is 88.5 Å². The number of carboxylic acids is 1. The maximum Gasteiger partial charge on any atom is 0.345 e. The van der Waals surface area contributed by atoms with Crippen molar-refractivity contribution in [1.82, 2.24) is 24.9 Å². The summed E-state index contributed by atoms with van der Waals surface area (Å²) in [4.78, 5) is 27.8. The molecule has 1 saturated heterocycles. The first-order valence-electron chi connectivity index (χ1n) is 17.5. The van der Waals surface area contributed by atoms with E-state index < -0.39 is 12.1 Å². The Morgan fingerprint density at radius 3 is 2.54 bits per heavy atom. The number of thiophene rings is 1. The summed E-state index contributed by atoms with van der Waals surface area (Å²) in [6.07, 6.45) is -0.0197. The van der Waals surface area contributed by atoms with Crippen molar-refractivity contribution in [1.29, 1.82) is 0 Å². The van der Waals surface area contributed by atoms with Crippen molar-refractivity contribution in [2.45, 2.75) is 33.0 Å². The van der Waals surface area contributed by atoms with Crippen molar-refractivity contribution < 1.29 is 33.0 Å². The number of ether oxygens (including phenoxy) is 3. The molecule has 4 heterocycles. The van der Waals surface area contributed by atoms with Gasteiger partial charge >= 0.3 is 5.97 Å². The number of hydrogen-bond acceptors (Lipinski definition) is 11. The predicted octanol–water partition coefficient (Wildman–Crippen LogP) is 7.70. The topological polar surface area (TPSA) is 123 Å². The minimum Gasteiger partial charge on any atom is -0.491 e. The summed E-state index contributed by atoms with van der Waals surface area (Å²) in [6.45, 7) is 9.14. The van der Waals surface area contributed by atoms with Gasteiger partial charge in [0.15, 0.2) is 0 Å². The number of carboxylic acid groups (broad SMARTS) is 1. The standard InChI is InChI=1S/C40H39ClFN5O6S/c1-24-20-29(45-53-24)22-51-31-7-5-4-6-27(31)21-33(40(48)49)52-38-35-34(37(54-39(35)44-23-43-38)26-8-10-28(42)11-9-26)30-12-13-32(36(41)25(30)2)50-19-18-47-16-14-46(3)15-17-47/h4-13,20,23,33H,14-19,21-22H2,1-3H3,(H,48,49)/t33-/m1/s1. The maximum absolute atomic E-state index is 14.1. The van der Waals surface area contributed by atoms with Gasteiger partial charge in [0.2, 0.25) is 12.0 Å². The molecule has 1 aliphatic rings. The van der Waals surface area contributed by atoms with Gasteiger partial charge in [0.05, 0.1) is 10.4 Å². The number of rotatable bonds is 14. The van der Waals surface area contributed by atoms with E-state index in [9.17, 15) is 14.3 Å². The van der Waals surface area contributed by atoms with E-state index in [2.05, 4.69) is 32.0 Å². The molecule has 54 heavy (non-hydrogen) atoms. The van der Waals surface area contributed by atoms with Gasteiger partial charge in [-0.3, -0.25) is 4.90 Å². The second-order valence-electron chi connectivity index (χ2n) is 13.2. The third-order valence-corrected chi connectivity index (χ3v) is 11.0. The lowest BCUT2D eigenvalue weighted by atomic mass is 9.96. The number of carbonyl (C=O) groups is 1. The molecule has 0 amide bonds. The molecule has 3 aromatic carbocycles. The van der Waals surface area contributed by atoms with E-state index in [0.29, 0.717) is 55.9 Å². The van der Waals surface area contributed by atoms with Gasteiger partial charge in [0.25, 0.3) is 0 Å². The van der Waals surface area contributed by atoms with Crippen molar-refractivity contribution >= 4 is 39.1 Å². The molecule has 0 bridgehead atoms. The number of aromatic nitrogens is 3. The number of halogens is 2. The zero-order valence-electron chi connectivity index (χ0n) is 30.1. The van der Waals surface area contributed by atoms with Gasteiger partial charge in [0, 0.05) is 55.7 Å². The molecule has 11 nitrogen and oxygen atoms in total. The number of piperazine rings is 1. The molecule has 3 aromatic heterocycles. The molecular weight excluding hydrogens is 733 g/mol. The maximum atomic E-state index is 14.1. The summed E-state index contributed by atoms with van der Waals surface area (Å²) in [6, 6.07) is 18.9. The molecule has 0 saturated carbocycles. The van der Waals surface area contributed by atoms with Crippen molar-refractivity contribution in [3.8, 4) is 38.9 Å². The molecule has 14 heteroatoms. The molecule has 7 rings (SSSR count). The summed E-state index contributed by atoms with van der Waals surface area (Å²) in [5, 5.41) is 15.4. The first-order chi connectivity index (χ1) is 26.1. The molecule has 1 atom stereocenters. The second-order valence-corrected chi connectivity index (χ2v) is 14.6. The third-order valence-electron chi connectivity index (χ3n) is 9.40. The Hall–Kier alpha value is -5.08. The average Bonchev–Trinajstić information content (AvgIpc) is 3.77. The van der Waals surface area contributed by atoms with Crippen LogP contribution < -0.4 is 14.2 Å². The van der Waals surface area contributed by atoms with Crippen LogP contribution in [0.3, 0.4) is 0 Å². The van der Waals surface area contributed by atoms with Crippen LogP contribution in [0, 0.1) is 19.7 Å². The Morgan fingerprint density at radius 2 is 1.80 bits per heavy atom. The summed E-state index contributed by atoms with van der Waals surface area (Å²) in [5.74, 6) is 0.251. The van der Waals surface area contributed by atoms with Crippen LogP contribution >= 0.6 is 22.9 Å². The Labute approximate surface area is 320 Å². The Bertz CT molecular complexity index is 2260. The minimum absolute atomic E-state index is 0.0237. The average molecular weight is 772 g/mol. The van der Waals surface area contributed by atoms with Crippen LogP contribution in [0.1, 0.15) is 22.6 Å². The number of aryl methyl sites for hydroxylation is 1. The number of fused-ring (bicyclic) bond motifs is 1. The highest BCUT2D eigenvalue weighted by molar-refractivity contribution is 7.22. The normalized spacial score (nSPS) is 14.3. The third kappa shape index (κ3) is 8.34. The van der Waals surface area contributed by atoms with Crippen molar-refractivity contribution in [3.05, 3.63) is 106 Å². The van der Waals surface area contributed by atoms with Gasteiger partial charge in [0.1, 0.15) is 53.1 Å². The van der Waals surface area contributed by atoms with Crippen molar-refractivity contribution in [3.63, 3.8) is 0 Å². The zero-order chi connectivity index (χ0) is 37.8. The van der Waals surface area contributed by atoms with Gasteiger partial charge < -0.3 is 28.7 Å². The fourth-order valence-electron chi connectivity index (χ4n) is 6.42. The lowest BCUT2D eigenvalue weighted by molar-refractivity contribution is -0.145. The molecule has 0 radical (unpaired) electrons. The largest absolute Gasteiger partial charge is 0.491 e. The first-order valence-corrected chi connectivity index (χ1v) is 18.7. The van der Waals surface area contributed by atoms with Gasteiger partial charge in [-0.1, -0.05) is 53.2 Å². The monoisotopic (exact) mass is 771 g/mol. The lowest BCUT2D eigenvalue weighted by Crippen LogP contribution is -2.45. The Kier molecular flexibility index (Phi) is 11.4. The molecule has 0 aliphatic carbocycles. The van der Waals surface area contributed by atoms with Crippen LogP contribution in [0.4, 0.5) is 4.39 Å². The van der Waals surface area contributed by atoms with E-state index in [1.165, 1.54) is 29.8 Å². The molecule has 0 unspecified atom stereocenters. The first kappa shape index (κ1) is 37.2. The molecule has 280 valence electrons. The van der Waals surface area contributed by atoms with Crippen molar-refractivity contribution in [2.24, 2.45) is 0 Å². The molecule has 1 aliphatic heterocycles. The van der Waals surface area contributed by atoms with Crippen LogP contribution in [0.15, 0.2) is 77.6 Å². The predicted molar refractivity (Wildman–Crippen MR) is 205 cm³/mol. The van der Waals surface area contributed by atoms with Crippen LogP contribution in [0.5, 0.6) is 17.4 Å². The van der Waals surface area contributed by atoms with E-state index in [-0.39, 0.29) is 24.7 Å². The number of hydrogen-bond donors (Lipinski definition) is 1. The van der Waals surface area contributed by atoms with Gasteiger partial charge in [-0.15, -0.1) is 11.3 Å². The van der Waals surface area contributed by atoms with E-state index in [0.717, 1.165) is 54.3 Å². The van der Waals surface area contributed by atoms with Gasteiger partial charge in [-0.25, -0.2) is 19.2 Å². The summed E-state index contributed by atoms with van der Waals surface area (Å²) in [5.41, 5.74) is 4.17. The molecule has 0 spiro atoms. The minimum atomic E-state index is -1.34. The number of para-hydroxylation sites is 1. The molecule has 1 fully saturated rings. The quantitative estimate of drug-likeness (QED) is 0.117. The highest BCUT2D eigenvalue weighted by Gasteiger charge is 2.28. The van der Waals surface area contributed by atoms with Crippen LogP contribution in [0.25, 0.3) is 31.8 Å². The summed E-state index contributed by atoms with van der Waals surface area (Å²) >= 11 is 8.38. The number of likely N-dealkylation sites (N-methyl/N-ethyl adjacent to an activating group) is 1. The summed E-state index contributed by atoms with van der Waals surface area (Å²) < 4.78 is 37.8. The van der Waals surface area contributed by atoms with Gasteiger partial charge in [-0.2, -0.15) is 0 Å². The Morgan fingerprint density at radius 1 is 1.02 bits per heavy atom. The summed E-state index contributed by atoms with van der Waals surface area (Å²) in [7, 11) is 2.13. The zero-order valence-corrected chi connectivity index (χ0v) is 31.6. The number of benzene rings is 3. The number of aliphatic carboxylic acids is 1. The molecule has 1 N–H and O–H groups in total. The van der Waals surface area contributed by atoms with Crippen LogP contribution in [0.2, 0.25) is 5.02 Å². The fraction of sp³-hybridized carbons (Fsp3) is 0.300. The fourth-order valence-corrected chi connectivity index (χ4v) is 7.79. The SMILES string of the molecule is Cc1cc(COc2ccccc2C[C@@H](Oc2ncnc3sc(-c4ccc(F)cc4)c(-c4ccc(OCCN5CCN(C)CC5)c(Cl)c4C)c23)C(=O)O)no1. The highest BCUT2D eigenvalue weighted by atomic mass is 35.5.